The van der Waals surface area contributed by atoms with Crippen LogP contribution in [0.25, 0.3) is 0 Å². The van der Waals surface area contributed by atoms with Crippen LogP contribution in [0, 0.1) is 6.92 Å². The predicted molar refractivity (Wildman–Crippen MR) is 62.8 cm³/mol. The van der Waals surface area contributed by atoms with Crippen molar-refractivity contribution >= 4 is 17.4 Å². The zero-order valence-corrected chi connectivity index (χ0v) is 9.82. The fourth-order valence-electron chi connectivity index (χ4n) is 1.58. The topological polar surface area (TPSA) is 34.9 Å². The van der Waals surface area contributed by atoms with Crippen molar-refractivity contribution in [1.29, 1.82) is 0 Å². The quantitative estimate of drug-likeness (QED) is 0.749. The van der Waals surface area contributed by atoms with Gasteiger partial charge in [0.1, 0.15) is 0 Å². The number of benzene rings is 1. The highest BCUT2D eigenvalue weighted by Crippen LogP contribution is 2.16. The molecule has 0 saturated heterocycles. The minimum Gasteiger partial charge on any atom is -0.331 e. The van der Waals surface area contributed by atoms with Crippen LogP contribution in [0.1, 0.15) is 21.7 Å². The Morgan fingerprint density at radius 2 is 2.12 bits per heavy atom. The highest BCUT2D eigenvalue weighted by Gasteiger charge is 2.14. The average Bonchev–Trinajstić information content (AvgIpc) is 2.62. The van der Waals surface area contributed by atoms with E-state index in [0.29, 0.717) is 16.4 Å². The molecule has 0 aliphatic heterocycles. The van der Waals surface area contributed by atoms with Gasteiger partial charge in [0.05, 0.1) is 0 Å². The van der Waals surface area contributed by atoms with Gasteiger partial charge in [0, 0.05) is 30.0 Å². The van der Waals surface area contributed by atoms with Crippen molar-refractivity contribution in [3.8, 4) is 0 Å². The molecule has 0 unspecified atom stereocenters. The largest absolute Gasteiger partial charge is 0.331 e. The number of ketones is 1. The maximum Gasteiger partial charge on any atom is 0.228 e. The molecule has 1 aromatic carbocycles. The third-order valence-corrected chi connectivity index (χ3v) is 2.55. The lowest BCUT2D eigenvalue weighted by molar-refractivity contribution is 0.102. The number of hydrogen-bond donors (Lipinski definition) is 0. The second kappa shape index (κ2) is 4.10. The first-order chi connectivity index (χ1) is 7.58. The number of carbonyl (C=O) groups is 1. The average molecular weight is 235 g/mol. The van der Waals surface area contributed by atoms with Gasteiger partial charge in [0.2, 0.25) is 5.78 Å². The molecular weight excluding hydrogens is 224 g/mol. The summed E-state index contributed by atoms with van der Waals surface area (Å²) < 4.78 is 1.69. The van der Waals surface area contributed by atoms with Gasteiger partial charge in [0.25, 0.3) is 0 Å². The number of carbonyl (C=O) groups excluding carboxylic acids is 1. The lowest BCUT2D eigenvalue weighted by Gasteiger charge is -2.03. The maximum absolute atomic E-state index is 12.1. The summed E-state index contributed by atoms with van der Waals surface area (Å²) in [5.41, 5.74) is 1.53. The summed E-state index contributed by atoms with van der Waals surface area (Å²) in [5.74, 6) is 0.305. The highest BCUT2D eigenvalue weighted by molar-refractivity contribution is 6.31. The Bertz CT molecular complexity index is 525. The summed E-state index contributed by atoms with van der Waals surface area (Å²) in [6.07, 6.45) is 3.34. The molecule has 0 N–H and O–H groups in total. The minimum absolute atomic E-state index is 0.113. The lowest BCUT2D eigenvalue weighted by atomic mass is 10.1. The molecular formula is C12H11ClN2O. The monoisotopic (exact) mass is 234 g/mol. The molecule has 0 fully saturated rings. The van der Waals surface area contributed by atoms with Crippen molar-refractivity contribution in [3.63, 3.8) is 0 Å². The molecule has 2 aromatic rings. The first-order valence-electron chi connectivity index (χ1n) is 4.87. The third-order valence-electron chi connectivity index (χ3n) is 2.33. The van der Waals surface area contributed by atoms with Gasteiger partial charge in [0.15, 0.2) is 5.82 Å². The van der Waals surface area contributed by atoms with Crippen LogP contribution in [0.5, 0.6) is 0 Å². The number of rotatable bonds is 2. The van der Waals surface area contributed by atoms with Crippen molar-refractivity contribution < 1.29 is 4.79 Å². The van der Waals surface area contributed by atoms with E-state index < -0.39 is 0 Å². The van der Waals surface area contributed by atoms with E-state index in [1.54, 1.807) is 30.1 Å². The van der Waals surface area contributed by atoms with Crippen LogP contribution in [0.2, 0.25) is 5.02 Å². The summed E-state index contributed by atoms with van der Waals surface area (Å²) in [7, 11) is 1.79. The predicted octanol–water partition coefficient (Wildman–Crippen LogP) is 2.61. The zero-order valence-electron chi connectivity index (χ0n) is 9.07. The van der Waals surface area contributed by atoms with Crippen molar-refractivity contribution in [1.82, 2.24) is 9.55 Å². The molecule has 1 aromatic heterocycles. The van der Waals surface area contributed by atoms with E-state index in [4.69, 9.17) is 11.6 Å². The molecule has 82 valence electrons. The van der Waals surface area contributed by atoms with Crippen LogP contribution >= 0.6 is 11.6 Å². The van der Waals surface area contributed by atoms with E-state index >= 15 is 0 Å². The minimum atomic E-state index is -0.113. The molecule has 2 rings (SSSR count). The first kappa shape index (κ1) is 10.9. The fraction of sp³-hybridized carbons (Fsp3) is 0.167. The van der Waals surface area contributed by atoms with Gasteiger partial charge in [-0.25, -0.2) is 4.98 Å². The number of aryl methyl sites for hydroxylation is 2. The smallest absolute Gasteiger partial charge is 0.228 e. The first-order valence-corrected chi connectivity index (χ1v) is 5.25. The Labute approximate surface area is 98.7 Å². The second-order valence-electron chi connectivity index (χ2n) is 3.71. The Morgan fingerprint density at radius 3 is 2.69 bits per heavy atom. The zero-order chi connectivity index (χ0) is 11.7. The fourth-order valence-corrected chi connectivity index (χ4v) is 1.87. The normalized spacial score (nSPS) is 10.4. The molecule has 0 atom stereocenters. The van der Waals surface area contributed by atoms with Crippen molar-refractivity contribution in [2.24, 2.45) is 7.05 Å². The standard InChI is InChI=1S/C12H11ClN2O/c1-8-5-9(7-10(13)6-8)11(16)12-14-3-4-15(12)2/h3-7H,1-2H3. The Morgan fingerprint density at radius 1 is 1.38 bits per heavy atom. The van der Waals surface area contributed by atoms with E-state index in [-0.39, 0.29) is 5.78 Å². The molecule has 0 aliphatic rings. The molecule has 0 spiro atoms. The summed E-state index contributed by atoms with van der Waals surface area (Å²) in [5, 5.41) is 0.567. The van der Waals surface area contributed by atoms with E-state index in [2.05, 4.69) is 4.98 Å². The van der Waals surface area contributed by atoms with Crippen LogP contribution in [0.3, 0.4) is 0 Å². The van der Waals surface area contributed by atoms with Gasteiger partial charge < -0.3 is 4.57 Å². The number of aromatic nitrogens is 2. The van der Waals surface area contributed by atoms with Gasteiger partial charge in [-0.05, 0) is 30.7 Å². The van der Waals surface area contributed by atoms with Crippen LogP contribution < -0.4 is 0 Å². The Kier molecular flexibility index (Phi) is 2.79. The van der Waals surface area contributed by atoms with E-state index in [9.17, 15) is 4.79 Å². The second-order valence-corrected chi connectivity index (χ2v) is 4.14. The highest BCUT2D eigenvalue weighted by atomic mass is 35.5. The van der Waals surface area contributed by atoms with E-state index in [0.717, 1.165) is 5.56 Å². The van der Waals surface area contributed by atoms with Crippen molar-refractivity contribution in [3.05, 3.63) is 52.6 Å². The molecule has 16 heavy (non-hydrogen) atoms. The third kappa shape index (κ3) is 1.99. The summed E-state index contributed by atoms with van der Waals surface area (Å²) in [6.45, 7) is 1.90. The SMILES string of the molecule is Cc1cc(Cl)cc(C(=O)c2nccn2C)c1. The van der Waals surface area contributed by atoms with Gasteiger partial charge in [-0.2, -0.15) is 0 Å². The van der Waals surface area contributed by atoms with Gasteiger partial charge >= 0.3 is 0 Å². The van der Waals surface area contributed by atoms with Crippen LogP contribution in [-0.2, 0) is 7.05 Å². The van der Waals surface area contributed by atoms with Gasteiger partial charge in [-0.15, -0.1) is 0 Å². The molecule has 0 saturated carbocycles. The van der Waals surface area contributed by atoms with Crippen LogP contribution in [0.4, 0.5) is 0 Å². The molecule has 3 nitrogen and oxygen atoms in total. The molecule has 0 radical (unpaired) electrons. The van der Waals surface area contributed by atoms with Crippen molar-refractivity contribution in [2.45, 2.75) is 6.92 Å². The molecule has 4 heteroatoms. The lowest BCUT2D eigenvalue weighted by Crippen LogP contribution is -2.08. The van der Waals surface area contributed by atoms with Crippen LogP contribution in [-0.4, -0.2) is 15.3 Å². The Hall–Kier alpha value is -1.61. The molecule has 1 heterocycles. The number of hydrogen-bond acceptors (Lipinski definition) is 2. The summed E-state index contributed by atoms with van der Waals surface area (Å²) >= 11 is 5.92. The number of imidazole rings is 1. The summed E-state index contributed by atoms with van der Waals surface area (Å²) in [4.78, 5) is 16.1. The molecule has 0 aliphatic carbocycles. The summed E-state index contributed by atoms with van der Waals surface area (Å²) in [6, 6.07) is 5.28. The van der Waals surface area contributed by atoms with E-state index in [1.165, 1.54) is 0 Å². The van der Waals surface area contributed by atoms with E-state index in [1.807, 2.05) is 19.1 Å². The van der Waals surface area contributed by atoms with Gasteiger partial charge in [-0.3, -0.25) is 4.79 Å². The van der Waals surface area contributed by atoms with Crippen molar-refractivity contribution in [2.75, 3.05) is 0 Å². The van der Waals surface area contributed by atoms with Gasteiger partial charge in [-0.1, -0.05) is 11.6 Å². The number of nitrogens with zero attached hydrogens (tertiary/aromatic N) is 2. The maximum atomic E-state index is 12.1. The van der Waals surface area contributed by atoms with Crippen LogP contribution in [0.15, 0.2) is 30.6 Å². The Balaban J connectivity index is 2.45. The number of halogens is 1. The molecule has 0 amide bonds. The molecule has 0 bridgehead atoms.